The van der Waals surface area contributed by atoms with Gasteiger partial charge in [0.15, 0.2) is 0 Å². The molecule has 2 N–H and O–H groups in total. The van der Waals surface area contributed by atoms with Gasteiger partial charge in [-0.15, -0.1) is 0 Å². The highest BCUT2D eigenvalue weighted by molar-refractivity contribution is 9.11. The Bertz CT molecular complexity index is 372. The molecule has 0 saturated heterocycles. The lowest BCUT2D eigenvalue weighted by Crippen LogP contribution is -2.31. The fourth-order valence-corrected chi connectivity index (χ4v) is 3.17. The summed E-state index contributed by atoms with van der Waals surface area (Å²) >= 11 is 7.07. The molecule has 0 aromatic heterocycles. The molecular formula is C14H21Br2NO2. The Labute approximate surface area is 132 Å². The van der Waals surface area contributed by atoms with Crippen LogP contribution in [0.15, 0.2) is 21.1 Å². The Kier molecular flexibility index (Phi) is 7.99. The van der Waals surface area contributed by atoms with E-state index in [2.05, 4.69) is 51.0 Å². The van der Waals surface area contributed by atoms with Crippen molar-refractivity contribution in [2.75, 3.05) is 13.2 Å². The zero-order valence-corrected chi connectivity index (χ0v) is 14.6. The van der Waals surface area contributed by atoms with Crippen LogP contribution in [0.25, 0.3) is 0 Å². The van der Waals surface area contributed by atoms with Crippen LogP contribution in [0.5, 0.6) is 5.75 Å². The van der Waals surface area contributed by atoms with Gasteiger partial charge in [-0.05, 0) is 62.4 Å². The van der Waals surface area contributed by atoms with Gasteiger partial charge in [0.25, 0.3) is 0 Å². The van der Waals surface area contributed by atoms with E-state index in [1.165, 1.54) is 0 Å². The number of aliphatic hydroxyl groups excluding tert-OH is 1. The van der Waals surface area contributed by atoms with Crippen molar-refractivity contribution in [1.29, 1.82) is 0 Å². The van der Waals surface area contributed by atoms with Gasteiger partial charge >= 0.3 is 0 Å². The Morgan fingerprint density at radius 1 is 1.26 bits per heavy atom. The number of halogens is 2. The first-order valence-corrected chi connectivity index (χ1v) is 8.15. The minimum absolute atomic E-state index is 0.147. The molecule has 0 heterocycles. The quantitative estimate of drug-likeness (QED) is 0.703. The van der Waals surface area contributed by atoms with E-state index in [0.29, 0.717) is 6.61 Å². The van der Waals surface area contributed by atoms with Crippen molar-refractivity contribution in [3.63, 3.8) is 0 Å². The third-order valence-corrected chi connectivity index (χ3v) is 3.99. The van der Waals surface area contributed by atoms with Crippen LogP contribution in [0.1, 0.15) is 32.3 Å². The number of rotatable bonds is 8. The van der Waals surface area contributed by atoms with Gasteiger partial charge < -0.3 is 15.2 Å². The third kappa shape index (κ3) is 5.42. The molecule has 0 radical (unpaired) electrons. The topological polar surface area (TPSA) is 41.5 Å². The highest BCUT2D eigenvalue weighted by atomic mass is 79.9. The van der Waals surface area contributed by atoms with E-state index in [1.54, 1.807) is 0 Å². The molecule has 0 fully saturated rings. The van der Waals surface area contributed by atoms with E-state index in [9.17, 15) is 0 Å². The van der Waals surface area contributed by atoms with Gasteiger partial charge in [-0.3, -0.25) is 0 Å². The maximum Gasteiger partial charge on any atom is 0.147 e. The minimum atomic E-state index is 0.147. The average Bonchev–Trinajstić information content (AvgIpc) is 2.39. The van der Waals surface area contributed by atoms with E-state index in [0.717, 1.165) is 39.6 Å². The van der Waals surface area contributed by atoms with Crippen LogP contribution < -0.4 is 10.1 Å². The molecule has 0 aliphatic rings. The summed E-state index contributed by atoms with van der Waals surface area (Å²) in [6, 6.07) is 4.24. The maximum absolute atomic E-state index is 9.15. The van der Waals surface area contributed by atoms with Gasteiger partial charge in [-0.1, -0.05) is 13.8 Å². The molecule has 0 unspecified atom stereocenters. The summed E-state index contributed by atoms with van der Waals surface area (Å²) in [6.45, 7) is 5.74. The summed E-state index contributed by atoms with van der Waals surface area (Å²) < 4.78 is 7.58. The van der Waals surface area contributed by atoms with Crippen molar-refractivity contribution in [3.8, 4) is 5.75 Å². The molecule has 0 saturated carbocycles. The van der Waals surface area contributed by atoms with Crippen LogP contribution in [-0.2, 0) is 6.54 Å². The largest absolute Gasteiger partial charge is 0.491 e. The minimum Gasteiger partial charge on any atom is -0.491 e. The lowest BCUT2D eigenvalue weighted by molar-refractivity contribution is 0.238. The number of hydrogen-bond acceptors (Lipinski definition) is 3. The van der Waals surface area contributed by atoms with Crippen molar-refractivity contribution in [1.82, 2.24) is 5.32 Å². The zero-order chi connectivity index (χ0) is 14.3. The van der Waals surface area contributed by atoms with Gasteiger partial charge in [0.2, 0.25) is 0 Å². The third-order valence-electron chi connectivity index (χ3n) is 2.82. The lowest BCUT2D eigenvalue weighted by Gasteiger charge is -2.16. The molecule has 1 atom stereocenters. The normalized spacial score (nSPS) is 12.5. The molecule has 3 nitrogen and oxygen atoms in total. The van der Waals surface area contributed by atoms with Crippen molar-refractivity contribution < 1.29 is 9.84 Å². The van der Waals surface area contributed by atoms with Crippen LogP contribution in [0.3, 0.4) is 0 Å². The van der Waals surface area contributed by atoms with Crippen LogP contribution in [0, 0.1) is 0 Å². The van der Waals surface area contributed by atoms with E-state index >= 15 is 0 Å². The summed E-state index contributed by atoms with van der Waals surface area (Å²) in [5, 5.41) is 12.5. The summed E-state index contributed by atoms with van der Waals surface area (Å²) in [7, 11) is 0. The second-order valence-corrected chi connectivity index (χ2v) is 6.11. The maximum atomic E-state index is 9.15. The Morgan fingerprint density at radius 2 is 1.89 bits per heavy atom. The smallest absolute Gasteiger partial charge is 0.147 e. The summed E-state index contributed by atoms with van der Waals surface area (Å²) in [5.41, 5.74) is 1.15. The predicted molar refractivity (Wildman–Crippen MR) is 85.6 cm³/mol. The Hall–Kier alpha value is -0.100. The van der Waals surface area contributed by atoms with E-state index in [-0.39, 0.29) is 12.6 Å². The fraction of sp³-hybridized carbons (Fsp3) is 0.571. The zero-order valence-electron chi connectivity index (χ0n) is 11.4. The summed E-state index contributed by atoms with van der Waals surface area (Å²) in [4.78, 5) is 0. The van der Waals surface area contributed by atoms with Crippen molar-refractivity contribution in [2.45, 2.75) is 39.3 Å². The van der Waals surface area contributed by atoms with Crippen molar-refractivity contribution >= 4 is 31.9 Å². The number of nitrogens with one attached hydrogen (secondary N) is 1. The van der Waals surface area contributed by atoms with Crippen LogP contribution >= 0.6 is 31.9 Å². The number of ether oxygens (including phenoxy) is 1. The van der Waals surface area contributed by atoms with Gasteiger partial charge in [-0.2, -0.15) is 0 Å². The fourth-order valence-electron chi connectivity index (χ4n) is 1.66. The molecule has 19 heavy (non-hydrogen) atoms. The Balaban J connectivity index is 2.71. The molecule has 1 rings (SSSR count). The molecule has 108 valence electrons. The van der Waals surface area contributed by atoms with Crippen molar-refractivity contribution in [3.05, 3.63) is 26.6 Å². The first kappa shape index (κ1) is 17.0. The molecule has 1 aromatic rings. The highest BCUT2D eigenvalue weighted by Gasteiger charge is 2.10. The van der Waals surface area contributed by atoms with Gasteiger partial charge in [-0.25, -0.2) is 0 Å². The monoisotopic (exact) mass is 393 g/mol. The lowest BCUT2D eigenvalue weighted by atomic mass is 10.2. The average molecular weight is 395 g/mol. The van der Waals surface area contributed by atoms with Gasteiger partial charge in [0.1, 0.15) is 5.75 Å². The van der Waals surface area contributed by atoms with Crippen LogP contribution in [0.4, 0.5) is 0 Å². The molecule has 0 aliphatic carbocycles. The Morgan fingerprint density at radius 3 is 2.37 bits per heavy atom. The van der Waals surface area contributed by atoms with Crippen LogP contribution in [0.2, 0.25) is 0 Å². The standard InChI is InChI=1S/C14H21Br2NO2/c1-3-5-19-14-12(15)6-10(7-13(14)16)8-17-11(4-2)9-18/h6-7,11,17-18H,3-5,8-9H2,1-2H3/t11-/m0/s1. The SMILES string of the molecule is CCCOc1c(Br)cc(CN[C@@H](CC)CO)cc1Br. The molecule has 0 amide bonds. The van der Waals surface area contributed by atoms with Gasteiger partial charge in [0.05, 0.1) is 22.2 Å². The second kappa shape index (κ2) is 8.95. The number of benzene rings is 1. The predicted octanol–water partition coefficient (Wildman–Crippen LogP) is 3.86. The highest BCUT2D eigenvalue weighted by Crippen LogP contribution is 2.34. The molecule has 0 spiro atoms. The first-order chi connectivity index (χ1) is 9.12. The first-order valence-electron chi connectivity index (χ1n) is 6.57. The van der Waals surface area contributed by atoms with E-state index in [1.807, 2.05) is 12.1 Å². The number of aliphatic hydroxyl groups is 1. The molecule has 1 aromatic carbocycles. The molecule has 0 aliphatic heterocycles. The van der Waals surface area contributed by atoms with E-state index in [4.69, 9.17) is 9.84 Å². The molecule has 5 heteroatoms. The van der Waals surface area contributed by atoms with Crippen LogP contribution in [-0.4, -0.2) is 24.4 Å². The summed E-state index contributed by atoms with van der Waals surface area (Å²) in [6.07, 6.45) is 1.90. The van der Waals surface area contributed by atoms with Gasteiger partial charge in [0, 0.05) is 12.6 Å². The second-order valence-electron chi connectivity index (χ2n) is 4.41. The molecule has 0 bridgehead atoms. The summed E-state index contributed by atoms with van der Waals surface area (Å²) in [5.74, 6) is 0.847. The van der Waals surface area contributed by atoms with Crippen molar-refractivity contribution in [2.24, 2.45) is 0 Å². The number of hydrogen-bond donors (Lipinski definition) is 2. The molecular weight excluding hydrogens is 374 g/mol. The van der Waals surface area contributed by atoms with E-state index < -0.39 is 0 Å².